The molecule has 0 fully saturated rings. The lowest BCUT2D eigenvalue weighted by molar-refractivity contribution is -0.141. The number of rotatable bonds is 4. The molecule has 0 radical (unpaired) electrons. The standard InChI is InChI=1S/C16H14F3N5O/c1-23(15(25)13-7-14(22-21-13)16(17,18)19)9-11-8-20-24(10-11)12-5-3-2-4-6-12/h2-8,10H,9H2,1H3,(H,21,22). The van der Waals surface area contributed by atoms with Crippen molar-refractivity contribution >= 4 is 5.91 Å². The van der Waals surface area contributed by atoms with Crippen molar-refractivity contribution in [1.82, 2.24) is 24.9 Å². The summed E-state index contributed by atoms with van der Waals surface area (Å²) in [6, 6.07) is 10.1. The van der Waals surface area contributed by atoms with Gasteiger partial charge in [-0.1, -0.05) is 18.2 Å². The lowest BCUT2D eigenvalue weighted by atomic mass is 10.3. The van der Waals surface area contributed by atoms with Crippen molar-refractivity contribution < 1.29 is 18.0 Å². The van der Waals surface area contributed by atoms with Crippen LogP contribution in [-0.2, 0) is 12.7 Å². The maximum absolute atomic E-state index is 12.6. The molecule has 0 spiro atoms. The molecule has 0 saturated carbocycles. The molecule has 2 heterocycles. The van der Waals surface area contributed by atoms with Gasteiger partial charge in [-0.05, 0) is 12.1 Å². The molecule has 0 saturated heterocycles. The Kier molecular flexibility index (Phi) is 4.30. The summed E-state index contributed by atoms with van der Waals surface area (Å²) in [7, 11) is 1.49. The molecule has 9 heteroatoms. The molecule has 3 aromatic rings. The number of nitrogens with zero attached hydrogens (tertiary/aromatic N) is 4. The zero-order valence-corrected chi connectivity index (χ0v) is 13.2. The Morgan fingerprint density at radius 3 is 2.64 bits per heavy atom. The summed E-state index contributed by atoms with van der Waals surface area (Å²) in [5.74, 6) is -0.612. The largest absolute Gasteiger partial charge is 0.432 e. The van der Waals surface area contributed by atoms with E-state index in [-0.39, 0.29) is 12.2 Å². The van der Waals surface area contributed by atoms with Gasteiger partial charge in [0.05, 0.1) is 11.9 Å². The van der Waals surface area contributed by atoms with Crippen LogP contribution in [0.2, 0.25) is 0 Å². The number of nitrogens with one attached hydrogen (secondary N) is 1. The molecular weight excluding hydrogens is 335 g/mol. The molecule has 1 aromatic carbocycles. The predicted octanol–water partition coefficient (Wildman–Crippen LogP) is 2.89. The lowest BCUT2D eigenvalue weighted by Crippen LogP contribution is -2.26. The maximum atomic E-state index is 12.6. The minimum absolute atomic E-state index is 0.194. The second-order valence-electron chi connectivity index (χ2n) is 5.45. The van der Waals surface area contributed by atoms with E-state index >= 15 is 0 Å². The van der Waals surface area contributed by atoms with Crippen molar-refractivity contribution in [2.75, 3.05) is 7.05 Å². The Morgan fingerprint density at radius 2 is 2.00 bits per heavy atom. The van der Waals surface area contributed by atoms with Crippen LogP contribution in [0.1, 0.15) is 21.7 Å². The van der Waals surface area contributed by atoms with Crippen LogP contribution in [0, 0.1) is 0 Å². The van der Waals surface area contributed by atoms with Crippen LogP contribution in [0.4, 0.5) is 13.2 Å². The molecule has 3 rings (SSSR count). The average molecular weight is 349 g/mol. The number of aromatic nitrogens is 4. The van der Waals surface area contributed by atoms with Crippen LogP contribution in [0.15, 0.2) is 48.8 Å². The van der Waals surface area contributed by atoms with Gasteiger partial charge in [-0.3, -0.25) is 9.89 Å². The van der Waals surface area contributed by atoms with Crippen LogP contribution in [-0.4, -0.2) is 37.8 Å². The van der Waals surface area contributed by atoms with E-state index in [1.54, 1.807) is 17.1 Å². The van der Waals surface area contributed by atoms with Crippen molar-refractivity contribution in [3.05, 3.63) is 65.7 Å². The molecule has 0 bridgehead atoms. The fourth-order valence-electron chi connectivity index (χ4n) is 2.28. The van der Waals surface area contributed by atoms with E-state index < -0.39 is 17.8 Å². The Bertz CT molecular complexity index is 869. The van der Waals surface area contributed by atoms with Gasteiger partial charge in [0.1, 0.15) is 5.69 Å². The van der Waals surface area contributed by atoms with Crippen LogP contribution < -0.4 is 0 Å². The van der Waals surface area contributed by atoms with E-state index in [1.165, 1.54) is 11.9 Å². The number of benzene rings is 1. The van der Waals surface area contributed by atoms with Crippen LogP contribution >= 0.6 is 0 Å². The fourth-order valence-corrected chi connectivity index (χ4v) is 2.28. The number of hydrogen-bond acceptors (Lipinski definition) is 3. The van der Waals surface area contributed by atoms with Gasteiger partial charge in [-0.2, -0.15) is 23.4 Å². The summed E-state index contributed by atoms with van der Waals surface area (Å²) in [6.45, 7) is 0.194. The highest BCUT2D eigenvalue weighted by atomic mass is 19.4. The monoisotopic (exact) mass is 349 g/mol. The minimum Gasteiger partial charge on any atom is -0.336 e. The highest BCUT2D eigenvalue weighted by Crippen LogP contribution is 2.27. The highest BCUT2D eigenvalue weighted by Gasteiger charge is 2.34. The first-order valence-electron chi connectivity index (χ1n) is 7.31. The van der Waals surface area contributed by atoms with Gasteiger partial charge < -0.3 is 4.90 Å². The van der Waals surface area contributed by atoms with Crippen molar-refractivity contribution in [1.29, 1.82) is 0 Å². The second-order valence-corrected chi connectivity index (χ2v) is 5.45. The third kappa shape index (κ3) is 3.70. The lowest BCUT2D eigenvalue weighted by Gasteiger charge is -2.14. The third-order valence-electron chi connectivity index (χ3n) is 3.53. The van der Waals surface area contributed by atoms with Crippen LogP contribution in [0.5, 0.6) is 0 Å². The molecule has 0 unspecified atom stereocenters. The SMILES string of the molecule is CN(Cc1cnn(-c2ccccc2)c1)C(=O)c1cc(C(F)(F)F)[nH]n1. The van der Waals surface area contributed by atoms with Gasteiger partial charge in [0, 0.05) is 31.4 Å². The first kappa shape index (κ1) is 16.7. The Hall–Kier alpha value is -3.10. The maximum Gasteiger partial charge on any atom is 0.432 e. The molecule has 0 aliphatic heterocycles. The molecule has 2 aromatic heterocycles. The number of alkyl halides is 3. The molecule has 25 heavy (non-hydrogen) atoms. The quantitative estimate of drug-likeness (QED) is 0.788. The first-order chi connectivity index (χ1) is 11.8. The van der Waals surface area contributed by atoms with E-state index in [2.05, 4.69) is 10.2 Å². The number of amides is 1. The number of hydrogen-bond donors (Lipinski definition) is 1. The summed E-state index contributed by atoms with van der Waals surface area (Å²) >= 11 is 0. The Labute approximate surface area is 140 Å². The topological polar surface area (TPSA) is 66.8 Å². The molecule has 1 amide bonds. The zero-order chi connectivity index (χ0) is 18.0. The van der Waals surface area contributed by atoms with Gasteiger partial charge in [0.2, 0.25) is 0 Å². The number of aromatic amines is 1. The van der Waals surface area contributed by atoms with E-state index in [9.17, 15) is 18.0 Å². The van der Waals surface area contributed by atoms with Gasteiger partial charge in [0.15, 0.2) is 5.69 Å². The average Bonchev–Trinajstić information content (AvgIpc) is 3.24. The van der Waals surface area contributed by atoms with Gasteiger partial charge in [-0.25, -0.2) is 4.68 Å². The van der Waals surface area contributed by atoms with Crippen molar-refractivity contribution in [2.24, 2.45) is 0 Å². The number of carbonyl (C=O) groups is 1. The Balaban J connectivity index is 1.70. The molecule has 130 valence electrons. The molecule has 0 aliphatic carbocycles. The molecule has 0 aliphatic rings. The molecule has 1 N–H and O–H groups in total. The number of carbonyl (C=O) groups excluding carboxylic acids is 1. The summed E-state index contributed by atoms with van der Waals surface area (Å²) in [6.07, 6.45) is -1.21. The summed E-state index contributed by atoms with van der Waals surface area (Å²) in [4.78, 5) is 13.5. The number of H-pyrrole nitrogens is 1. The van der Waals surface area contributed by atoms with Gasteiger partial charge in [-0.15, -0.1) is 0 Å². The van der Waals surface area contributed by atoms with E-state index in [1.807, 2.05) is 35.4 Å². The van der Waals surface area contributed by atoms with Crippen molar-refractivity contribution in [3.63, 3.8) is 0 Å². The number of halogens is 3. The Morgan fingerprint density at radius 1 is 1.28 bits per heavy atom. The van der Waals surface area contributed by atoms with E-state index in [4.69, 9.17) is 0 Å². The second kappa shape index (κ2) is 6.42. The normalized spacial score (nSPS) is 11.5. The van der Waals surface area contributed by atoms with Crippen molar-refractivity contribution in [2.45, 2.75) is 12.7 Å². The van der Waals surface area contributed by atoms with Crippen molar-refractivity contribution in [3.8, 4) is 5.69 Å². The van der Waals surface area contributed by atoms with Crippen LogP contribution in [0.25, 0.3) is 5.69 Å². The summed E-state index contributed by atoms with van der Waals surface area (Å²) in [5, 5.41) is 9.49. The highest BCUT2D eigenvalue weighted by molar-refractivity contribution is 5.92. The fraction of sp³-hybridized carbons (Fsp3) is 0.188. The summed E-state index contributed by atoms with van der Waals surface area (Å²) < 4.78 is 39.4. The van der Waals surface area contributed by atoms with E-state index in [0.717, 1.165) is 11.3 Å². The smallest absolute Gasteiger partial charge is 0.336 e. The van der Waals surface area contributed by atoms with Gasteiger partial charge >= 0.3 is 6.18 Å². The van der Waals surface area contributed by atoms with Gasteiger partial charge in [0.25, 0.3) is 5.91 Å². The molecule has 0 atom stereocenters. The third-order valence-corrected chi connectivity index (χ3v) is 3.53. The number of para-hydroxylation sites is 1. The summed E-state index contributed by atoms with van der Waals surface area (Å²) in [5.41, 5.74) is 0.266. The first-order valence-corrected chi connectivity index (χ1v) is 7.31. The van der Waals surface area contributed by atoms with E-state index in [0.29, 0.717) is 6.07 Å². The zero-order valence-electron chi connectivity index (χ0n) is 13.2. The minimum atomic E-state index is -4.57. The molecular formula is C16H14F3N5O. The predicted molar refractivity (Wildman–Crippen MR) is 83.0 cm³/mol. The molecule has 6 nitrogen and oxygen atoms in total. The van der Waals surface area contributed by atoms with Crippen LogP contribution in [0.3, 0.4) is 0 Å².